The van der Waals surface area contributed by atoms with E-state index >= 15 is 0 Å². The second-order valence-electron chi connectivity index (χ2n) is 9.45. The molecular weight excluding hydrogens is 432 g/mol. The largest absolute Gasteiger partial charge is 0.387 e. The van der Waals surface area contributed by atoms with Crippen molar-refractivity contribution in [3.8, 4) is 23.2 Å². The van der Waals surface area contributed by atoms with Gasteiger partial charge in [0.15, 0.2) is 5.76 Å². The number of imidazole rings is 1. The Morgan fingerprint density at radius 2 is 2.12 bits per heavy atom. The summed E-state index contributed by atoms with van der Waals surface area (Å²) in [7, 11) is 0. The van der Waals surface area contributed by atoms with Crippen LogP contribution in [0.15, 0.2) is 47.2 Å². The summed E-state index contributed by atoms with van der Waals surface area (Å²) in [5, 5.41) is 23.0. The lowest BCUT2D eigenvalue weighted by molar-refractivity contribution is -0.133. The first-order valence-electron chi connectivity index (χ1n) is 11.6. The summed E-state index contributed by atoms with van der Waals surface area (Å²) in [6, 6.07) is 9.82. The van der Waals surface area contributed by atoms with E-state index < -0.39 is 12.7 Å². The van der Waals surface area contributed by atoms with Crippen LogP contribution in [0.5, 0.6) is 0 Å². The number of carbonyl (C=O) groups is 1. The van der Waals surface area contributed by atoms with Gasteiger partial charge in [0, 0.05) is 48.6 Å². The smallest absolute Gasteiger partial charge is 0.248 e. The number of hydrogen-bond acceptors (Lipinski definition) is 6. The Labute approximate surface area is 198 Å². The summed E-state index contributed by atoms with van der Waals surface area (Å²) < 4.78 is 7.38. The molecule has 1 aliphatic heterocycles. The lowest BCUT2D eigenvalue weighted by Crippen LogP contribution is -2.41. The first-order valence-corrected chi connectivity index (χ1v) is 11.6. The van der Waals surface area contributed by atoms with Crippen molar-refractivity contribution in [3.63, 3.8) is 0 Å². The molecule has 176 valence electrons. The lowest BCUT2D eigenvalue weighted by atomic mass is 9.62. The summed E-state index contributed by atoms with van der Waals surface area (Å²) in [5.74, 6) is 8.11. The summed E-state index contributed by atoms with van der Waals surface area (Å²) in [4.78, 5) is 17.7. The Balaban J connectivity index is 1.17. The third kappa shape index (κ3) is 4.49. The van der Waals surface area contributed by atoms with E-state index in [0.29, 0.717) is 24.0 Å². The highest BCUT2D eigenvalue weighted by molar-refractivity contribution is 5.77. The Kier molecular flexibility index (Phi) is 5.98. The predicted octanol–water partition coefficient (Wildman–Crippen LogP) is 2.61. The summed E-state index contributed by atoms with van der Waals surface area (Å²) in [6.07, 6.45) is 5.86. The Hall–Kier alpha value is -3.41. The molecule has 0 bridgehead atoms. The summed E-state index contributed by atoms with van der Waals surface area (Å²) >= 11 is 0. The molecular formula is C26H28N4O4. The van der Waals surface area contributed by atoms with E-state index in [1.54, 1.807) is 18.0 Å². The highest BCUT2D eigenvalue weighted by atomic mass is 16.5. The van der Waals surface area contributed by atoms with Gasteiger partial charge in [0.1, 0.15) is 24.2 Å². The predicted molar refractivity (Wildman–Crippen MR) is 124 cm³/mol. The molecule has 1 aliphatic carbocycles. The number of likely N-dealkylation sites (tertiary alicyclic amines) is 1. The molecule has 8 heteroatoms. The number of benzene rings is 1. The standard InChI is InChI=1S/C26H28N4O4/c1-18(32)25-27-9-11-29(25)15-22-12-23(34-28-22)21-6-4-19(5-7-21)2-3-20-13-26(14-20)8-10-30(17-26)24(33)16-31/h4-7,9,11-12,18,20,31-32H,8,10,13-17H2,1H3/t18-,20?,26?/m0/s1. The highest BCUT2D eigenvalue weighted by Crippen LogP contribution is 2.51. The van der Waals surface area contributed by atoms with Gasteiger partial charge in [-0.25, -0.2) is 4.98 Å². The van der Waals surface area contributed by atoms with Crippen molar-refractivity contribution >= 4 is 5.91 Å². The van der Waals surface area contributed by atoms with E-state index in [1.165, 1.54) is 0 Å². The first-order chi connectivity index (χ1) is 16.4. The van der Waals surface area contributed by atoms with Crippen LogP contribution >= 0.6 is 0 Å². The maximum absolute atomic E-state index is 11.7. The van der Waals surface area contributed by atoms with Gasteiger partial charge in [-0.3, -0.25) is 4.79 Å². The molecule has 0 radical (unpaired) electrons. The summed E-state index contributed by atoms with van der Waals surface area (Å²) in [5.41, 5.74) is 2.83. The fourth-order valence-corrected chi connectivity index (χ4v) is 5.09. The maximum Gasteiger partial charge on any atom is 0.248 e. The number of aliphatic hydroxyl groups excluding tert-OH is 2. The quantitative estimate of drug-likeness (QED) is 0.567. The van der Waals surface area contributed by atoms with Crippen molar-refractivity contribution in [2.24, 2.45) is 11.3 Å². The van der Waals surface area contributed by atoms with Gasteiger partial charge >= 0.3 is 0 Å². The molecule has 5 rings (SSSR count). The van der Waals surface area contributed by atoms with Crippen LogP contribution in [0.2, 0.25) is 0 Å². The normalized spacial score (nSPS) is 22.3. The molecule has 1 saturated carbocycles. The van der Waals surface area contributed by atoms with Gasteiger partial charge in [0.2, 0.25) is 5.91 Å². The zero-order valence-electron chi connectivity index (χ0n) is 19.1. The fraction of sp³-hybridized carbons (Fsp3) is 0.423. The first kappa shape index (κ1) is 22.4. The van der Waals surface area contributed by atoms with E-state index in [0.717, 1.165) is 49.2 Å². The summed E-state index contributed by atoms with van der Waals surface area (Å²) in [6.45, 7) is 3.25. The van der Waals surface area contributed by atoms with Crippen molar-refractivity contribution in [2.45, 2.75) is 38.8 Å². The molecule has 2 N–H and O–H groups in total. The van der Waals surface area contributed by atoms with Crippen LogP contribution in [0.1, 0.15) is 49.4 Å². The number of amides is 1. The van der Waals surface area contributed by atoms with E-state index in [9.17, 15) is 9.90 Å². The van der Waals surface area contributed by atoms with Crippen LogP contribution in [0.3, 0.4) is 0 Å². The van der Waals surface area contributed by atoms with Crippen molar-refractivity contribution in [1.29, 1.82) is 0 Å². The molecule has 1 spiro atoms. The number of hydrogen-bond donors (Lipinski definition) is 2. The van der Waals surface area contributed by atoms with Crippen LogP contribution in [0.4, 0.5) is 0 Å². The molecule has 1 amide bonds. The molecule has 2 fully saturated rings. The second-order valence-corrected chi connectivity index (χ2v) is 9.45. The monoisotopic (exact) mass is 460 g/mol. The van der Waals surface area contributed by atoms with Gasteiger partial charge < -0.3 is 24.2 Å². The molecule has 0 unspecified atom stereocenters. The molecule has 34 heavy (non-hydrogen) atoms. The Morgan fingerprint density at radius 1 is 1.32 bits per heavy atom. The third-order valence-corrected chi connectivity index (χ3v) is 6.89. The van der Waals surface area contributed by atoms with Crippen LogP contribution in [0, 0.1) is 23.2 Å². The van der Waals surface area contributed by atoms with Gasteiger partial charge in [-0.15, -0.1) is 0 Å². The fourth-order valence-electron chi connectivity index (χ4n) is 5.09. The number of aromatic nitrogens is 3. The molecule has 8 nitrogen and oxygen atoms in total. The molecule has 2 aromatic heterocycles. The number of rotatable bonds is 5. The SMILES string of the molecule is C[C@H](O)c1nccn1Cc1cc(-c2ccc(C#CC3CC4(CCN(C(=O)CO)C4)C3)cc2)on1. The third-order valence-electron chi connectivity index (χ3n) is 6.89. The zero-order valence-corrected chi connectivity index (χ0v) is 19.1. The second kappa shape index (κ2) is 9.09. The Bertz CT molecular complexity index is 1230. The van der Waals surface area contributed by atoms with Gasteiger partial charge in [-0.05, 0) is 55.9 Å². The average Bonchev–Trinajstić information content (AvgIpc) is 3.57. The van der Waals surface area contributed by atoms with Gasteiger partial charge in [0.05, 0.1) is 6.54 Å². The van der Waals surface area contributed by atoms with E-state index in [1.807, 2.05) is 41.1 Å². The van der Waals surface area contributed by atoms with Crippen molar-refractivity contribution < 1.29 is 19.5 Å². The van der Waals surface area contributed by atoms with Crippen LogP contribution < -0.4 is 0 Å². The van der Waals surface area contributed by atoms with E-state index in [4.69, 9.17) is 9.63 Å². The van der Waals surface area contributed by atoms with Crippen molar-refractivity contribution in [1.82, 2.24) is 19.6 Å². The minimum Gasteiger partial charge on any atom is -0.387 e. The van der Waals surface area contributed by atoms with Crippen LogP contribution in [-0.2, 0) is 11.3 Å². The van der Waals surface area contributed by atoms with Gasteiger partial charge in [-0.1, -0.05) is 17.0 Å². The lowest BCUT2D eigenvalue weighted by Gasteiger charge is -2.42. The molecule has 3 aromatic rings. The average molecular weight is 461 g/mol. The molecule has 1 aromatic carbocycles. The van der Waals surface area contributed by atoms with Crippen LogP contribution in [-0.4, -0.2) is 55.4 Å². The topological polar surface area (TPSA) is 105 Å². The van der Waals surface area contributed by atoms with Crippen molar-refractivity contribution in [3.05, 3.63) is 59.8 Å². The molecule has 3 heterocycles. The highest BCUT2D eigenvalue weighted by Gasteiger charge is 2.48. The molecule has 1 saturated heterocycles. The molecule has 1 atom stereocenters. The van der Waals surface area contributed by atoms with Gasteiger partial charge in [-0.2, -0.15) is 0 Å². The maximum atomic E-state index is 11.7. The number of nitrogens with zero attached hydrogens (tertiary/aromatic N) is 4. The van der Waals surface area contributed by atoms with Crippen LogP contribution in [0.25, 0.3) is 11.3 Å². The van der Waals surface area contributed by atoms with Crippen molar-refractivity contribution in [2.75, 3.05) is 19.7 Å². The minimum absolute atomic E-state index is 0.170. The zero-order chi connectivity index (χ0) is 23.7. The number of aliphatic hydroxyl groups is 2. The van der Waals surface area contributed by atoms with E-state index in [-0.39, 0.29) is 11.3 Å². The van der Waals surface area contributed by atoms with E-state index in [2.05, 4.69) is 22.0 Å². The van der Waals surface area contributed by atoms with Gasteiger partial charge in [0.25, 0.3) is 0 Å². The minimum atomic E-state index is -0.649. The molecule has 2 aliphatic rings. The Morgan fingerprint density at radius 3 is 2.85 bits per heavy atom. The number of carbonyl (C=O) groups excluding carboxylic acids is 1.